The fourth-order valence-corrected chi connectivity index (χ4v) is 2.57. The van der Waals surface area contributed by atoms with E-state index in [-0.39, 0.29) is 5.97 Å². The van der Waals surface area contributed by atoms with E-state index in [1.54, 1.807) is 23.9 Å². The zero-order valence-corrected chi connectivity index (χ0v) is 13.9. The van der Waals surface area contributed by atoms with E-state index < -0.39 is 0 Å². The van der Waals surface area contributed by atoms with E-state index in [4.69, 9.17) is 10.6 Å². The Labute approximate surface area is 131 Å². The molecule has 0 amide bonds. The third-order valence-electron chi connectivity index (χ3n) is 2.83. The summed E-state index contributed by atoms with van der Waals surface area (Å²) in [5, 5.41) is 0. The van der Waals surface area contributed by atoms with Gasteiger partial charge in [0.05, 0.1) is 17.9 Å². The summed E-state index contributed by atoms with van der Waals surface area (Å²) in [5.41, 5.74) is 3.89. The minimum absolute atomic E-state index is 0.317. The summed E-state index contributed by atoms with van der Waals surface area (Å²) in [6.07, 6.45) is 3.04. The van der Waals surface area contributed by atoms with Gasteiger partial charge in [-0.2, -0.15) is 0 Å². The Morgan fingerprint density at radius 3 is 2.71 bits per heavy atom. The van der Waals surface area contributed by atoms with Crippen LogP contribution in [0.15, 0.2) is 34.1 Å². The molecule has 116 valence electrons. The number of allylic oxidation sites excluding steroid dienone is 2. The van der Waals surface area contributed by atoms with E-state index >= 15 is 0 Å². The van der Waals surface area contributed by atoms with Gasteiger partial charge in [-0.15, -0.1) is 0 Å². The van der Waals surface area contributed by atoms with Crippen molar-refractivity contribution in [2.75, 3.05) is 12.0 Å². The molecule has 0 saturated carbocycles. The Balaban J connectivity index is 2.90. The van der Waals surface area contributed by atoms with E-state index in [2.05, 4.69) is 18.4 Å². The molecule has 0 aliphatic rings. The summed E-state index contributed by atoms with van der Waals surface area (Å²) in [4.78, 5) is 14.2. The average molecular weight is 308 g/mol. The SMILES string of the molecule is C/C=C(\CC)Sc1ccc(C(=O)OCC(C)C)cc1NN. The highest BCUT2D eigenvalue weighted by atomic mass is 32.2. The van der Waals surface area contributed by atoms with Crippen LogP contribution in [0.3, 0.4) is 0 Å². The van der Waals surface area contributed by atoms with E-state index in [1.807, 2.05) is 26.8 Å². The quantitative estimate of drug-likeness (QED) is 0.342. The highest BCUT2D eigenvalue weighted by molar-refractivity contribution is 8.03. The number of nitrogen functional groups attached to an aromatic ring is 1. The van der Waals surface area contributed by atoms with Gasteiger partial charge in [-0.25, -0.2) is 4.79 Å². The zero-order chi connectivity index (χ0) is 15.8. The predicted molar refractivity (Wildman–Crippen MR) is 89.3 cm³/mol. The molecule has 4 nitrogen and oxygen atoms in total. The van der Waals surface area contributed by atoms with Crippen molar-refractivity contribution in [1.29, 1.82) is 0 Å². The summed E-state index contributed by atoms with van der Waals surface area (Å²) in [5.74, 6) is 5.56. The van der Waals surface area contributed by atoms with Crippen LogP contribution in [0, 0.1) is 5.92 Å². The minimum Gasteiger partial charge on any atom is -0.462 e. The third-order valence-corrected chi connectivity index (χ3v) is 4.19. The number of hydrogen-bond donors (Lipinski definition) is 2. The monoisotopic (exact) mass is 308 g/mol. The second-order valence-corrected chi connectivity index (χ2v) is 6.23. The second kappa shape index (κ2) is 8.74. The summed E-state index contributed by atoms with van der Waals surface area (Å²) in [6, 6.07) is 5.40. The Morgan fingerprint density at radius 2 is 2.19 bits per heavy atom. The van der Waals surface area contributed by atoms with E-state index in [0.29, 0.717) is 18.1 Å². The fourth-order valence-electron chi connectivity index (χ4n) is 1.66. The van der Waals surface area contributed by atoms with Crippen molar-refractivity contribution < 1.29 is 9.53 Å². The molecule has 0 aliphatic heterocycles. The van der Waals surface area contributed by atoms with Crippen LogP contribution in [0.25, 0.3) is 0 Å². The molecule has 0 aliphatic carbocycles. The molecule has 0 saturated heterocycles. The summed E-state index contributed by atoms with van der Waals surface area (Å²) in [7, 11) is 0. The standard InChI is InChI=1S/C16H24N2O2S/c1-5-13(6-2)21-15-8-7-12(9-14(15)18-17)16(19)20-10-11(3)4/h5,7-9,11,18H,6,10,17H2,1-4H3/b13-5+. The molecule has 5 heteroatoms. The first-order valence-corrected chi connectivity index (χ1v) is 7.94. The van der Waals surface area contributed by atoms with Gasteiger partial charge in [0, 0.05) is 4.90 Å². The first-order chi connectivity index (χ1) is 10.0. The molecule has 0 aromatic heterocycles. The normalized spacial score (nSPS) is 11.6. The summed E-state index contributed by atoms with van der Waals surface area (Å²) < 4.78 is 5.23. The van der Waals surface area contributed by atoms with Crippen molar-refractivity contribution in [3.8, 4) is 0 Å². The highest BCUT2D eigenvalue weighted by Gasteiger charge is 2.12. The molecular formula is C16H24N2O2S. The number of carbonyl (C=O) groups excluding carboxylic acids is 1. The van der Waals surface area contributed by atoms with Crippen LogP contribution in [0.1, 0.15) is 44.5 Å². The number of nitrogens with one attached hydrogen (secondary N) is 1. The fraction of sp³-hybridized carbons (Fsp3) is 0.438. The molecule has 3 N–H and O–H groups in total. The van der Waals surface area contributed by atoms with Crippen LogP contribution in [0.4, 0.5) is 5.69 Å². The maximum Gasteiger partial charge on any atom is 0.338 e. The first kappa shape index (κ1) is 17.6. The predicted octanol–water partition coefficient (Wildman–Crippen LogP) is 4.19. The van der Waals surface area contributed by atoms with Crippen LogP contribution in [-0.2, 0) is 4.74 Å². The van der Waals surface area contributed by atoms with E-state index in [0.717, 1.165) is 17.0 Å². The number of carbonyl (C=O) groups is 1. The molecule has 0 fully saturated rings. The molecule has 1 aromatic carbocycles. The molecule has 0 atom stereocenters. The van der Waals surface area contributed by atoms with Gasteiger partial charge < -0.3 is 10.2 Å². The Kier molecular flexibility index (Phi) is 7.32. The van der Waals surface area contributed by atoms with Gasteiger partial charge in [0.1, 0.15) is 0 Å². The Hall–Kier alpha value is -1.46. The lowest BCUT2D eigenvalue weighted by Crippen LogP contribution is -2.12. The lowest BCUT2D eigenvalue weighted by Gasteiger charge is -2.12. The molecule has 1 aromatic rings. The zero-order valence-electron chi connectivity index (χ0n) is 13.1. The van der Waals surface area contributed by atoms with Crippen LogP contribution >= 0.6 is 11.8 Å². The number of rotatable bonds is 7. The molecule has 0 unspecified atom stereocenters. The average Bonchev–Trinajstić information content (AvgIpc) is 2.50. The van der Waals surface area contributed by atoms with Crippen molar-refractivity contribution in [3.63, 3.8) is 0 Å². The highest BCUT2D eigenvalue weighted by Crippen LogP contribution is 2.34. The summed E-state index contributed by atoms with van der Waals surface area (Å²) in [6.45, 7) is 8.54. The molecule has 0 heterocycles. The van der Waals surface area contributed by atoms with Crippen molar-refractivity contribution in [2.24, 2.45) is 11.8 Å². The number of hydrogen-bond acceptors (Lipinski definition) is 5. The maximum atomic E-state index is 12.0. The van der Waals surface area contributed by atoms with Crippen molar-refractivity contribution in [2.45, 2.75) is 39.0 Å². The smallest absolute Gasteiger partial charge is 0.338 e. The van der Waals surface area contributed by atoms with Gasteiger partial charge in [-0.1, -0.05) is 38.6 Å². The third kappa shape index (κ3) is 5.44. The van der Waals surface area contributed by atoms with Crippen LogP contribution in [-0.4, -0.2) is 12.6 Å². The van der Waals surface area contributed by atoms with E-state index in [1.165, 1.54) is 4.91 Å². The van der Waals surface area contributed by atoms with Crippen molar-refractivity contribution >= 4 is 23.4 Å². The topological polar surface area (TPSA) is 64.3 Å². The molecule has 0 spiro atoms. The first-order valence-electron chi connectivity index (χ1n) is 7.12. The maximum absolute atomic E-state index is 12.0. The molecule has 0 bridgehead atoms. The molecule has 1 rings (SSSR count). The van der Waals surface area contributed by atoms with Gasteiger partial charge in [0.15, 0.2) is 0 Å². The summed E-state index contributed by atoms with van der Waals surface area (Å²) >= 11 is 1.65. The van der Waals surface area contributed by atoms with Gasteiger partial charge in [0.2, 0.25) is 0 Å². The number of benzene rings is 1. The Bertz CT molecular complexity index is 513. The number of thioether (sulfide) groups is 1. The lowest BCUT2D eigenvalue weighted by molar-refractivity contribution is 0.0459. The van der Waals surface area contributed by atoms with E-state index in [9.17, 15) is 4.79 Å². The Morgan fingerprint density at radius 1 is 1.48 bits per heavy atom. The number of hydrazine groups is 1. The van der Waals surface area contributed by atoms with Crippen molar-refractivity contribution in [3.05, 3.63) is 34.7 Å². The number of nitrogens with two attached hydrogens (primary N) is 1. The van der Waals surface area contributed by atoms with Gasteiger partial charge in [-0.3, -0.25) is 5.84 Å². The van der Waals surface area contributed by atoms with Crippen LogP contribution < -0.4 is 11.3 Å². The van der Waals surface area contributed by atoms with Crippen molar-refractivity contribution in [1.82, 2.24) is 0 Å². The van der Waals surface area contributed by atoms with Gasteiger partial charge >= 0.3 is 5.97 Å². The number of anilines is 1. The second-order valence-electron chi connectivity index (χ2n) is 5.06. The van der Waals surface area contributed by atoms with Crippen LogP contribution in [0.2, 0.25) is 0 Å². The lowest BCUT2D eigenvalue weighted by atomic mass is 10.2. The largest absolute Gasteiger partial charge is 0.462 e. The molecular weight excluding hydrogens is 284 g/mol. The molecule has 21 heavy (non-hydrogen) atoms. The molecule has 0 radical (unpaired) electrons. The van der Waals surface area contributed by atoms with Gasteiger partial charge in [0.25, 0.3) is 0 Å². The van der Waals surface area contributed by atoms with Crippen LogP contribution in [0.5, 0.6) is 0 Å². The van der Waals surface area contributed by atoms with Gasteiger partial charge in [-0.05, 0) is 42.4 Å². The number of ether oxygens (including phenoxy) is 1. The minimum atomic E-state index is -0.321. The number of esters is 1.